The summed E-state index contributed by atoms with van der Waals surface area (Å²) in [5.41, 5.74) is 0. The van der Waals surface area contributed by atoms with E-state index in [-0.39, 0.29) is 0 Å². The first-order chi connectivity index (χ1) is 9.93. The first kappa shape index (κ1) is 12.3. The van der Waals surface area contributed by atoms with Crippen LogP contribution < -0.4 is 0 Å². The zero-order valence-electron chi connectivity index (χ0n) is 12.0. The lowest BCUT2D eigenvalue weighted by molar-refractivity contribution is -0.413. The quantitative estimate of drug-likeness (QED) is 0.651. The predicted molar refractivity (Wildman–Crippen MR) is 71.8 cm³/mol. The highest BCUT2D eigenvalue weighted by Crippen LogP contribution is 2.42. The Balaban J connectivity index is 1.55. The topological polar surface area (TPSA) is 31.4 Å². The van der Waals surface area contributed by atoms with Gasteiger partial charge in [0.15, 0.2) is 0 Å². The summed E-state index contributed by atoms with van der Waals surface area (Å²) in [5, 5.41) is 10.4. The highest BCUT2D eigenvalue weighted by atomic mass is 16.5. The molecule has 5 fully saturated rings. The number of fused-ring (bicyclic) bond motifs is 2. The summed E-state index contributed by atoms with van der Waals surface area (Å²) in [7, 11) is 0. The molecule has 0 saturated carbocycles. The zero-order chi connectivity index (χ0) is 13.1. The van der Waals surface area contributed by atoms with Crippen LogP contribution in [0.4, 0.5) is 0 Å². The van der Waals surface area contributed by atoms with Gasteiger partial charge >= 0.3 is 0 Å². The number of hydrazine groups is 2. The van der Waals surface area contributed by atoms with Crippen LogP contribution in [0.25, 0.3) is 0 Å². The Hall–Kier alpha value is -0.240. The largest absolute Gasteiger partial charge is 0.360 e. The maximum Gasteiger partial charge on any atom is 0.125 e. The van der Waals surface area contributed by atoms with Gasteiger partial charge in [-0.05, 0) is 38.5 Å². The summed E-state index contributed by atoms with van der Waals surface area (Å²) in [6, 6.07) is 0. The third-order valence-corrected chi connectivity index (χ3v) is 5.57. The van der Waals surface area contributed by atoms with Gasteiger partial charge in [-0.1, -0.05) is 0 Å². The normalized spacial score (nSPS) is 46.8. The van der Waals surface area contributed by atoms with Crippen molar-refractivity contribution in [3.8, 4) is 0 Å². The number of piperidine rings is 2. The van der Waals surface area contributed by atoms with Crippen LogP contribution in [0, 0.1) is 0 Å². The van der Waals surface area contributed by atoms with Crippen LogP contribution in [0.2, 0.25) is 0 Å². The monoisotopic (exact) mass is 280 g/mol. The third-order valence-electron chi connectivity index (χ3n) is 5.57. The molecule has 4 atom stereocenters. The maximum atomic E-state index is 6.04. The van der Waals surface area contributed by atoms with E-state index in [9.17, 15) is 0 Å². The van der Waals surface area contributed by atoms with Crippen LogP contribution in [0.3, 0.4) is 0 Å². The van der Waals surface area contributed by atoms with E-state index in [0.29, 0.717) is 24.8 Å². The van der Waals surface area contributed by atoms with Crippen molar-refractivity contribution < 1.29 is 9.47 Å². The summed E-state index contributed by atoms with van der Waals surface area (Å²) < 4.78 is 12.1. The number of nitrogens with zero attached hydrogens (tertiary/aromatic N) is 4. The fourth-order valence-corrected chi connectivity index (χ4v) is 4.83. The lowest BCUT2D eigenvalue weighted by Crippen LogP contribution is -2.81. The molecule has 0 radical (unpaired) electrons. The predicted octanol–water partition coefficient (Wildman–Crippen LogP) is 0.771. The number of hydrogen-bond acceptors (Lipinski definition) is 6. The Morgan fingerprint density at radius 3 is 1.65 bits per heavy atom. The maximum absolute atomic E-state index is 6.04. The highest BCUT2D eigenvalue weighted by Gasteiger charge is 2.54. The van der Waals surface area contributed by atoms with Crippen LogP contribution in [0.5, 0.6) is 0 Å². The van der Waals surface area contributed by atoms with Crippen molar-refractivity contribution in [1.82, 2.24) is 20.0 Å². The molecular formula is C14H24N4O2. The van der Waals surface area contributed by atoms with Crippen molar-refractivity contribution in [3.05, 3.63) is 0 Å². The number of hydrogen-bond donors (Lipinski definition) is 0. The first-order valence-electron chi connectivity index (χ1n) is 8.26. The summed E-state index contributed by atoms with van der Waals surface area (Å²) in [6.07, 6.45) is 9.06. The molecule has 0 amide bonds. The van der Waals surface area contributed by atoms with Crippen molar-refractivity contribution >= 4 is 0 Å². The smallest absolute Gasteiger partial charge is 0.125 e. The van der Waals surface area contributed by atoms with E-state index in [1.165, 1.54) is 38.5 Å². The van der Waals surface area contributed by atoms with Gasteiger partial charge < -0.3 is 9.47 Å². The van der Waals surface area contributed by atoms with E-state index in [4.69, 9.17) is 9.47 Å². The number of ether oxygens (including phenoxy) is 2. The second-order valence-electron chi connectivity index (χ2n) is 6.56. The second-order valence-corrected chi connectivity index (χ2v) is 6.56. The molecule has 5 heterocycles. The van der Waals surface area contributed by atoms with E-state index in [2.05, 4.69) is 20.0 Å². The van der Waals surface area contributed by atoms with Crippen molar-refractivity contribution in [3.63, 3.8) is 0 Å². The fourth-order valence-electron chi connectivity index (χ4n) is 4.83. The van der Waals surface area contributed by atoms with Crippen LogP contribution in [0.1, 0.15) is 38.5 Å². The van der Waals surface area contributed by atoms with Gasteiger partial charge in [0.1, 0.15) is 12.5 Å². The number of rotatable bonds is 0. The minimum absolute atomic E-state index is 0.313. The Kier molecular flexibility index (Phi) is 2.85. The molecule has 5 rings (SSSR count). The van der Waals surface area contributed by atoms with Gasteiger partial charge in [0.05, 0.1) is 25.5 Å². The average molecular weight is 280 g/mol. The summed E-state index contributed by atoms with van der Waals surface area (Å²) >= 11 is 0. The van der Waals surface area contributed by atoms with Crippen LogP contribution >= 0.6 is 0 Å². The van der Waals surface area contributed by atoms with Gasteiger partial charge in [-0.15, -0.1) is 0 Å². The Morgan fingerprint density at radius 2 is 1.15 bits per heavy atom. The molecule has 0 bridgehead atoms. The lowest BCUT2D eigenvalue weighted by Gasteiger charge is -2.66. The average Bonchev–Trinajstić information content (AvgIpc) is 2.52. The Bertz CT molecular complexity index is 327. The molecule has 0 aliphatic carbocycles. The van der Waals surface area contributed by atoms with E-state index >= 15 is 0 Å². The molecule has 20 heavy (non-hydrogen) atoms. The molecule has 5 saturated heterocycles. The van der Waals surface area contributed by atoms with E-state index in [0.717, 1.165) is 26.3 Å². The minimum Gasteiger partial charge on any atom is -0.360 e. The van der Waals surface area contributed by atoms with Gasteiger partial charge in [-0.2, -0.15) is 10.0 Å². The Morgan fingerprint density at radius 1 is 0.650 bits per heavy atom. The molecule has 6 nitrogen and oxygen atoms in total. The second kappa shape index (κ2) is 4.63. The molecule has 0 aromatic heterocycles. The molecular weight excluding hydrogens is 256 g/mol. The summed E-state index contributed by atoms with van der Waals surface area (Å²) in [4.78, 5) is 0. The van der Waals surface area contributed by atoms with E-state index in [1.807, 2.05) is 0 Å². The minimum atomic E-state index is 0.313. The van der Waals surface area contributed by atoms with Crippen molar-refractivity contribution in [2.45, 2.75) is 63.3 Å². The molecule has 0 aromatic carbocycles. The van der Waals surface area contributed by atoms with Gasteiger partial charge in [-0.3, -0.25) is 0 Å². The summed E-state index contributed by atoms with van der Waals surface area (Å²) in [6.45, 7) is 3.83. The molecule has 5 aliphatic heterocycles. The van der Waals surface area contributed by atoms with E-state index in [1.54, 1.807) is 0 Å². The molecule has 112 valence electrons. The molecule has 0 unspecified atom stereocenters. The highest BCUT2D eigenvalue weighted by molar-refractivity contribution is 4.93. The van der Waals surface area contributed by atoms with Gasteiger partial charge in [-0.25, -0.2) is 10.0 Å². The van der Waals surface area contributed by atoms with Crippen LogP contribution in [0.15, 0.2) is 0 Å². The first-order valence-corrected chi connectivity index (χ1v) is 8.26. The van der Waals surface area contributed by atoms with Gasteiger partial charge in [0.2, 0.25) is 0 Å². The SMILES string of the molecule is C1C[C@@H]2N3CCO[C@@H]4CCC[C@@H](N5CCO[C@H](C1)N25)N43. The summed E-state index contributed by atoms with van der Waals surface area (Å²) in [5.74, 6) is 0. The fraction of sp³-hybridized carbons (Fsp3) is 1.00. The van der Waals surface area contributed by atoms with Crippen molar-refractivity contribution in [2.75, 3.05) is 26.3 Å². The lowest BCUT2D eigenvalue weighted by atomic mass is 10.0. The van der Waals surface area contributed by atoms with Crippen LogP contribution in [-0.4, -0.2) is 71.1 Å². The third kappa shape index (κ3) is 1.60. The van der Waals surface area contributed by atoms with E-state index < -0.39 is 0 Å². The van der Waals surface area contributed by atoms with Crippen molar-refractivity contribution in [1.29, 1.82) is 0 Å². The standard InChI is InChI=1S/C14H24N4O2/c1-3-11-15-7-10-20-14-6-2-4-12(18(14)15)16-8-9-19-13(5-1)17(11)16/h11-14H,1-10H2/t11-,12+,13-,14-/m1/s1. The van der Waals surface area contributed by atoms with Gasteiger partial charge in [0.25, 0.3) is 0 Å². The molecule has 0 N–H and O–H groups in total. The molecule has 5 aliphatic rings. The molecule has 0 aromatic rings. The Labute approximate surface area is 120 Å². The molecule has 0 spiro atoms. The van der Waals surface area contributed by atoms with Crippen molar-refractivity contribution in [2.24, 2.45) is 0 Å². The zero-order valence-corrected chi connectivity index (χ0v) is 12.0. The van der Waals surface area contributed by atoms with Gasteiger partial charge in [0, 0.05) is 13.1 Å². The van der Waals surface area contributed by atoms with Crippen LogP contribution in [-0.2, 0) is 9.47 Å². The molecule has 6 heteroatoms.